The summed E-state index contributed by atoms with van der Waals surface area (Å²) in [6.07, 6.45) is 1.45. The van der Waals surface area contributed by atoms with E-state index in [1.54, 1.807) is 6.07 Å². The molecule has 29 heavy (non-hydrogen) atoms. The summed E-state index contributed by atoms with van der Waals surface area (Å²) in [6.45, 7) is 4.59. The van der Waals surface area contributed by atoms with Crippen molar-refractivity contribution in [1.82, 2.24) is 5.43 Å². The summed E-state index contributed by atoms with van der Waals surface area (Å²) >= 11 is 1.42. The summed E-state index contributed by atoms with van der Waals surface area (Å²) in [5, 5.41) is 15.1. The highest BCUT2D eigenvalue weighted by molar-refractivity contribution is 8.00. The SMILES string of the molecule is Cc1ccc(SCC(=O)N/N=C\c2cc([N+](=O)[O-])ccc2N2CCOCC2)cc1. The van der Waals surface area contributed by atoms with Crippen LogP contribution >= 0.6 is 11.8 Å². The van der Waals surface area contributed by atoms with Crippen LogP contribution in [0.25, 0.3) is 0 Å². The molecule has 0 aliphatic carbocycles. The number of aryl methyl sites for hydroxylation is 1. The van der Waals surface area contributed by atoms with Crippen molar-refractivity contribution in [3.05, 3.63) is 63.7 Å². The van der Waals surface area contributed by atoms with Crippen molar-refractivity contribution in [1.29, 1.82) is 0 Å². The summed E-state index contributed by atoms with van der Waals surface area (Å²) in [5.74, 6) is -0.0174. The van der Waals surface area contributed by atoms with Crippen LogP contribution in [0.5, 0.6) is 0 Å². The van der Waals surface area contributed by atoms with E-state index in [0.29, 0.717) is 31.9 Å². The Hall–Kier alpha value is -2.91. The van der Waals surface area contributed by atoms with Gasteiger partial charge < -0.3 is 9.64 Å². The highest BCUT2D eigenvalue weighted by Gasteiger charge is 2.17. The number of hydrogen-bond acceptors (Lipinski definition) is 7. The van der Waals surface area contributed by atoms with Crippen molar-refractivity contribution < 1.29 is 14.5 Å². The highest BCUT2D eigenvalue weighted by Crippen LogP contribution is 2.25. The van der Waals surface area contributed by atoms with E-state index in [0.717, 1.165) is 16.1 Å². The van der Waals surface area contributed by atoms with Crippen molar-refractivity contribution in [3.8, 4) is 0 Å². The fraction of sp³-hybridized carbons (Fsp3) is 0.300. The Bertz CT molecular complexity index is 896. The predicted molar refractivity (Wildman–Crippen MR) is 114 cm³/mol. The van der Waals surface area contributed by atoms with Gasteiger partial charge in [0.15, 0.2) is 0 Å². The molecule has 2 aromatic rings. The maximum atomic E-state index is 12.1. The molecule has 8 nitrogen and oxygen atoms in total. The molecule has 1 N–H and O–H groups in total. The van der Waals surface area contributed by atoms with E-state index < -0.39 is 4.92 Å². The van der Waals surface area contributed by atoms with Gasteiger partial charge in [0.2, 0.25) is 5.91 Å². The van der Waals surface area contributed by atoms with E-state index >= 15 is 0 Å². The molecule has 9 heteroatoms. The first-order valence-corrected chi connectivity index (χ1v) is 10.1. The van der Waals surface area contributed by atoms with Crippen LogP contribution in [0.2, 0.25) is 0 Å². The third-order valence-electron chi connectivity index (χ3n) is 4.36. The largest absolute Gasteiger partial charge is 0.378 e. The van der Waals surface area contributed by atoms with Crippen LogP contribution in [-0.4, -0.2) is 49.1 Å². The molecule has 1 fully saturated rings. The maximum absolute atomic E-state index is 12.1. The maximum Gasteiger partial charge on any atom is 0.270 e. The Morgan fingerprint density at radius 3 is 2.69 bits per heavy atom. The van der Waals surface area contributed by atoms with Gasteiger partial charge in [0, 0.05) is 41.4 Å². The molecule has 0 unspecified atom stereocenters. The van der Waals surface area contributed by atoms with Gasteiger partial charge in [-0.15, -0.1) is 11.8 Å². The van der Waals surface area contributed by atoms with Crippen LogP contribution in [0.4, 0.5) is 11.4 Å². The molecule has 0 spiro atoms. The average Bonchev–Trinajstić information content (AvgIpc) is 2.74. The summed E-state index contributed by atoms with van der Waals surface area (Å²) in [4.78, 5) is 25.8. The zero-order chi connectivity index (χ0) is 20.6. The topological polar surface area (TPSA) is 97.1 Å². The number of nitrogens with one attached hydrogen (secondary N) is 1. The van der Waals surface area contributed by atoms with Gasteiger partial charge in [0.25, 0.3) is 5.69 Å². The molecule has 152 valence electrons. The van der Waals surface area contributed by atoms with Crippen LogP contribution in [0.1, 0.15) is 11.1 Å². The van der Waals surface area contributed by atoms with Gasteiger partial charge in [-0.2, -0.15) is 5.10 Å². The quantitative estimate of drug-likeness (QED) is 0.324. The first-order valence-electron chi connectivity index (χ1n) is 9.15. The van der Waals surface area contributed by atoms with Gasteiger partial charge >= 0.3 is 0 Å². The molecule has 1 aliphatic heterocycles. The number of amides is 1. The molecule has 0 aromatic heterocycles. The number of carbonyl (C=O) groups excluding carboxylic acids is 1. The minimum absolute atomic E-state index is 0.0234. The van der Waals surface area contributed by atoms with E-state index in [1.165, 1.54) is 30.1 Å². The smallest absolute Gasteiger partial charge is 0.270 e. The lowest BCUT2D eigenvalue weighted by atomic mass is 10.1. The van der Waals surface area contributed by atoms with Crippen molar-refractivity contribution in [2.45, 2.75) is 11.8 Å². The summed E-state index contributed by atoms with van der Waals surface area (Å²) in [7, 11) is 0. The number of non-ortho nitro benzene ring substituents is 1. The number of thioether (sulfide) groups is 1. The highest BCUT2D eigenvalue weighted by atomic mass is 32.2. The zero-order valence-corrected chi connectivity index (χ0v) is 16.9. The summed E-state index contributed by atoms with van der Waals surface area (Å²) < 4.78 is 5.36. The van der Waals surface area contributed by atoms with Gasteiger partial charge in [0.1, 0.15) is 0 Å². The number of benzene rings is 2. The average molecular weight is 414 g/mol. The standard InChI is InChI=1S/C20H22N4O4S/c1-15-2-5-18(6-3-15)29-14-20(25)22-21-13-16-12-17(24(26)27)4-7-19(16)23-8-10-28-11-9-23/h2-7,12-13H,8-11,14H2,1H3,(H,22,25)/b21-13-. The monoisotopic (exact) mass is 414 g/mol. The summed E-state index contributed by atoms with van der Waals surface area (Å²) in [5.41, 5.74) is 5.03. The molecule has 2 aromatic carbocycles. The van der Waals surface area contributed by atoms with E-state index in [-0.39, 0.29) is 17.3 Å². The molecular formula is C20H22N4O4S. The predicted octanol–water partition coefficient (Wildman–Crippen LogP) is 2.98. The number of nitrogens with zero attached hydrogens (tertiary/aromatic N) is 3. The van der Waals surface area contributed by atoms with Gasteiger partial charge in [-0.3, -0.25) is 14.9 Å². The Balaban J connectivity index is 1.64. The fourth-order valence-electron chi connectivity index (χ4n) is 2.84. The van der Waals surface area contributed by atoms with Crippen molar-refractivity contribution in [2.75, 3.05) is 37.0 Å². The summed E-state index contributed by atoms with van der Waals surface area (Å²) in [6, 6.07) is 12.6. The molecule has 1 amide bonds. The molecule has 0 atom stereocenters. The number of carbonyl (C=O) groups is 1. The van der Waals surface area contributed by atoms with E-state index in [1.807, 2.05) is 31.2 Å². The first kappa shape index (κ1) is 20.8. The number of hydrazone groups is 1. The molecular weight excluding hydrogens is 392 g/mol. The minimum atomic E-state index is -0.447. The molecule has 1 saturated heterocycles. The van der Waals surface area contributed by atoms with Crippen LogP contribution < -0.4 is 10.3 Å². The van der Waals surface area contributed by atoms with Gasteiger partial charge in [-0.25, -0.2) is 5.43 Å². The van der Waals surface area contributed by atoms with Gasteiger partial charge in [0.05, 0.1) is 30.1 Å². The number of nitro benzene ring substituents is 1. The molecule has 0 bridgehead atoms. The lowest BCUT2D eigenvalue weighted by molar-refractivity contribution is -0.384. The zero-order valence-electron chi connectivity index (χ0n) is 16.0. The number of rotatable bonds is 7. The second-order valence-corrected chi connectivity index (χ2v) is 7.54. The number of ether oxygens (including phenoxy) is 1. The Labute approximate surface area is 173 Å². The van der Waals surface area contributed by atoms with Crippen LogP contribution in [0.15, 0.2) is 52.5 Å². The Morgan fingerprint density at radius 1 is 1.28 bits per heavy atom. The Kier molecular flexibility index (Phi) is 7.20. The molecule has 1 aliphatic rings. The van der Waals surface area contributed by atoms with E-state index in [9.17, 15) is 14.9 Å². The second-order valence-electron chi connectivity index (χ2n) is 6.49. The normalized spacial score (nSPS) is 14.2. The van der Waals surface area contributed by atoms with Crippen LogP contribution in [0.3, 0.4) is 0 Å². The number of hydrogen-bond donors (Lipinski definition) is 1. The lowest BCUT2D eigenvalue weighted by Crippen LogP contribution is -2.36. The van der Waals surface area contributed by atoms with E-state index in [4.69, 9.17) is 4.74 Å². The number of anilines is 1. The number of morpholine rings is 1. The Morgan fingerprint density at radius 2 is 2.00 bits per heavy atom. The molecule has 1 heterocycles. The van der Waals surface area contributed by atoms with Crippen LogP contribution in [0, 0.1) is 17.0 Å². The van der Waals surface area contributed by atoms with Crippen LogP contribution in [-0.2, 0) is 9.53 Å². The second kappa shape index (κ2) is 10.0. The molecule has 3 rings (SSSR count). The third-order valence-corrected chi connectivity index (χ3v) is 5.37. The van der Waals surface area contributed by atoms with Gasteiger partial charge in [-0.05, 0) is 25.1 Å². The third kappa shape index (κ3) is 6.03. The van der Waals surface area contributed by atoms with Crippen molar-refractivity contribution >= 4 is 35.3 Å². The van der Waals surface area contributed by atoms with Crippen molar-refractivity contribution in [2.24, 2.45) is 5.10 Å². The first-order chi connectivity index (χ1) is 14.0. The fourth-order valence-corrected chi connectivity index (χ4v) is 3.53. The minimum Gasteiger partial charge on any atom is -0.378 e. The molecule has 0 radical (unpaired) electrons. The van der Waals surface area contributed by atoms with Gasteiger partial charge in [-0.1, -0.05) is 17.7 Å². The molecule has 0 saturated carbocycles. The van der Waals surface area contributed by atoms with Crippen molar-refractivity contribution in [3.63, 3.8) is 0 Å². The van der Waals surface area contributed by atoms with E-state index in [2.05, 4.69) is 15.4 Å². The lowest BCUT2D eigenvalue weighted by Gasteiger charge is -2.29. The number of nitro groups is 1.